The van der Waals surface area contributed by atoms with Gasteiger partial charge in [0, 0.05) is 6.42 Å². The summed E-state index contributed by atoms with van der Waals surface area (Å²) in [7, 11) is 0. The van der Waals surface area contributed by atoms with Crippen molar-refractivity contribution in [2.45, 2.75) is 12.5 Å². The maximum absolute atomic E-state index is 10.8. The predicted octanol–water partition coefficient (Wildman–Crippen LogP) is 2.21. The fourth-order valence-corrected chi connectivity index (χ4v) is 1.74. The second-order valence-corrected chi connectivity index (χ2v) is 3.96. The van der Waals surface area contributed by atoms with Crippen LogP contribution in [0.25, 0.3) is 0 Å². The van der Waals surface area contributed by atoms with Gasteiger partial charge in [0.05, 0.1) is 23.8 Å². The molecule has 1 aromatic rings. The molecule has 0 saturated carbocycles. The van der Waals surface area contributed by atoms with E-state index in [1.807, 2.05) is 0 Å². The molecule has 1 aliphatic rings. The Morgan fingerprint density at radius 1 is 1.56 bits per heavy atom. The molecule has 16 heavy (non-hydrogen) atoms. The largest absolute Gasteiger partial charge is 0.488 e. The Bertz CT molecular complexity index is 399. The van der Waals surface area contributed by atoms with Crippen molar-refractivity contribution in [3.63, 3.8) is 0 Å². The summed E-state index contributed by atoms with van der Waals surface area (Å²) in [6.45, 7) is 1.23. The molecule has 0 radical (unpaired) electrons. The highest BCUT2D eigenvalue weighted by atomic mass is 35.5. The van der Waals surface area contributed by atoms with Crippen molar-refractivity contribution < 1.29 is 19.4 Å². The first-order valence-electron chi connectivity index (χ1n) is 4.94. The number of carboxylic acids is 1. The van der Waals surface area contributed by atoms with Gasteiger partial charge in [0.25, 0.3) is 0 Å². The molecule has 2 rings (SSSR count). The number of rotatable bonds is 3. The van der Waals surface area contributed by atoms with Crippen LogP contribution in [0, 0.1) is 0 Å². The highest BCUT2D eigenvalue weighted by molar-refractivity contribution is 6.33. The van der Waals surface area contributed by atoms with Gasteiger partial charge in [0.15, 0.2) is 0 Å². The molecular weight excluding hydrogens is 232 g/mol. The first-order valence-corrected chi connectivity index (χ1v) is 5.32. The summed E-state index contributed by atoms with van der Waals surface area (Å²) >= 11 is 5.75. The number of hydrogen-bond acceptors (Lipinski definition) is 3. The van der Waals surface area contributed by atoms with Crippen LogP contribution in [-0.4, -0.2) is 30.4 Å². The zero-order valence-electron chi connectivity index (χ0n) is 8.48. The highest BCUT2D eigenvalue weighted by Crippen LogP contribution is 2.24. The number of carboxylic acid groups (broad SMARTS) is 1. The molecule has 0 aromatic heterocycles. The summed E-state index contributed by atoms with van der Waals surface area (Å²) in [4.78, 5) is 10.8. The van der Waals surface area contributed by atoms with Gasteiger partial charge in [-0.3, -0.25) is 0 Å². The summed E-state index contributed by atoms with van der Waals surface area (Å²) in [5.41, 5.74) is 0.0538. The fourth-order valence-electron chi connectivity index (χ4n) is 1.54. The second kappa shape index (κ2) is 4.72. The lowest BCUT2D eigenvalue weighted by atomic mass is 10.2. The number of benzene rings is 1. The quantitative estimate of drug-likeness (QED) is 0.883. The van der Waals surface area contributed by atoms with Crippen LogP contribution in [0.4, 0.5) is 0 Å². The van der Waals surface area contributed by atoms with E-state index in [2.05, 4.69) is 0 Å². The van der Waals surface area contributed by atoms with Crippen LogP contribution in [0.5, 0.6) is 5.75 Å². The minimum atomic E-state index is -1.06. The summed E-state index contributed by atoms with van der Waals surface area (Å²) in [6.07, 6.45) is 0.827. The van der Waals surface area contributed by atoms with E-state index in [0.717, 1.165) is 6.42 Å². The van der Waals surface area contributed by atoms with Gasteiger partial charge in [0.2, 0.25) is 0 Å². The van der Waals surface area contributed by atoms with E-state index in [4.69, 9.17) is 26.2 Å². The van der Waals surface area contributed by atoms with E-state index in [0.29, 0.717) is 19.0 Å². The smallest absolute Gasteiger partial charge is 0.337 e. The molecule has 86 valence electrons. The Balaban J connectivity index is 2.15. The van der Waals surface area contributed by atoms with E-state index in [-0.39, 0.29) is 16.7 Å². The van der Waals surface area contributed by atoms with Gasteiger partial charge < -0.3 is 14.6 Å². The molecule has 1 N–H and O–H groups in total. The first kappa shape index (κ1) is 11.2. The standard InChI is InChI=1S/C11H11ClO4/c12-10-2-1-7(5-9(10)11(13)14)16-8-3-4-15-6-8/h1-2,5,8H,3-4,6H2,(H,13,14). The second-order valence-electron chi connectivity index (χ2n) is 3.55. The molecule has 1 aromatic carbocycles. The molecule has 5 heteroatoms. The number of carbonyl (C=O) groups is 1. The molecule has 1 aliphatic heterocycles. The predicted molar refractivity (Wildman–Crippen MR) is 58.3 cm³/mol. The van der Waals surface area contributed by atoms with Crippen LogP contribution in [0.2, 0.25) is 5.02 Å². The maximum Gasteiger partial charge on any atom is 0.337 e. The van der Waals surface area contributed by atoms with Crippen molar-refractivity contribution in [1.82, 2.24) is 0 Å². The monoisotopic (exact) mass is 242 g/mol. The molecule has 1 unspecified atom stereocenters. The number of hydrogen-bond donors (Lipinski definition) is 1. The molecule has 1 saturated heterocycles. The van der Waals surface area contributed by atoms with Gasteiger partial charge in [-0.1, -0.05) is 11.6 Å². The Morgan fingerprint density at radius 2 is 2.38 bits per heavy atom. The summed E-state index contributed by atoms with van der Waals surface area (Å²) in [5, 5.41) is 9.10. The molecule has 0 bridgehead atoms. The molecule has 0 spiro atoms. The topological polar surface area (TPSA) is 55.8 Å². The van der Waals surface area contributed by atoms with Crippen LogP contribution in [0.15, 0.2) is 18.2 Å². The number of halogens is 1. The number of aromatic carboxylic acids is 1. The van der Waals surface area contributed by atoms with Gasteiger partial charge in [-0.15, -0.1) is 0 Å². The zero-order valence-corrected chi connectivity index (χ0v) is 9.24. The van der Waals surface area contributed by atoms with Crippen molar-refractivity contribution in [3.05, 3.63) is 28.8 Å². The third kappa shape index (κ3) is 2.46. The Morgan fingerprint density at radius 3 is 3.00 bits per heavy atom. The van der Waals surface area contributed by atoms with Crippen molar-refractivity contribution in [2.75, 3.05) is 13.2 Å². The van der Waals surface area contributed by atoms with E-state index in [1.165, 1.54) is 12.1 Å². The average molecular weight is 243 g/mol. The van der Waals surface area contributed by atoms with Gasteiger partial charge in [-0.25, -0.2) is 4.79 Å². The molecule has 1 atom stereocenters. The Kier molecular flexibility index (Phi) is 3.31. The highest BCUT2D eigenvalue weighted by Gasteiger charge is 2.18. The average Bonchev–Trinajstić information content (AvgIpc) is 2.73. The van der Waals surface area contributed by atoms with E-state index in [9.17, 15) is 4.79 Å². The van der Waals surface area contributed by atoms with Crippen molar-refractivity contribution >= 4 is 17.6 Å². The van der Waals surface area contributed by atoms with E-state index < -0.39 is 5.97 Å². The zero-order chi connectivity index (χ0) is 11.5. The molecule has 1 fully saturated rings. The lowest BCUT2D eigenvalue weighted by Crippen LogP contribution is -2.15. The first-order chi connectivity index (χ1) is 7.66. The minimum absolute atomic E-state index is 0.00261. The summed E-state index contributed by atoms with van der Waals surface area (Å²) in [5.74, 6) is -0.546. The molecule has 0 aliphatic carbocycles. The number of ether oxygens (including phenoxy) is 2. The molecule has 0 amide bonds. The fraction of sp³-hybridized carbons (Fsp3) is 0.364. The Labute approximate surface area is 97.7 Å². The van der Waals surface area contributed by atoms with Gasteiger partial charge in [0.1, 0.15) is 11.9 Å². The molecular formula is C11H11ClO4. The van der Waals surface area contributed by atoms with Crippen molar-refractivity contribution in [2.24, 2.45) is 0 Å². The maximum atomic E-state index is 10.8. The lowest BCUT2D eigenvalue weighted by Gasteiger charge is -2.12. The Hall–Kier alpha value is -1.26. The summed E-state index contributed by atoms with van der Waals surface area (Å²) < 4.78 is 10.7. The third-order valence-corrected chi connectivity index (χ3v) is 2.69. The van der Waals surface area contributed by atoms with Gasteiger partial charge >= 0.3 is 5.97 Å². The minimum Gasteiger partial charge on any atom is -0.488 e. The lowest BCUT2D eigenvalue weighted by molar-refractivity contribution is 0.0696. The van der Waals surface area contributed by atoms with Gasteiger partial charge in [-0.2, -0.15) is 0 Å². The van der Waals surface area contributed by atoms with Crippen LogP contribution in [0.3, 0.4) is 0 Å². The van der Waals surface area contributed by atoms with Crippen molar-refractivity contribution in [3.8, 4) is 5.75 Å². The SMILES string of the molecule is O=C(O)c1cc(OC2CCOC2)ccc1Cl. The van der Waals surface area contributed by atoms with Crippen molar-refractivity contribution in [1.29, 1.82) is 0 Å². The normalized spacial score (nSPS) is 19.7. The van der Waals surface area contributed by atoms with Crippen LogP contribution in [0.1, 0.15) is 16.8 Å². The van der Waals surface area contributed by atoms with Crippen LogP contribution >= 0.6 is 11.6 Å². The third-order valence-electron chi connectivity index (χ3n) is 2.36. The molecule has 1 heterocycles. The molecule has 4 nitrogen and oxygen atoms in total. The van der Waals surface area contributed by atoms with Gasteiger partial charge in [-0.05, 0) is 18.2 Å². The van der Waals surface area contributed by atoms with E-state index in [1.54, 1.807) is 6.07 Å². The van der Waals surface area contributed by atoms with Crippen LogP contribution < -0.4 is 4.74 Å². The van der Waals surface area contributed by atoms with Crippen LogP contribution in [-0.2, 0) is 4.74 Å². The van der Waals surface area contributed by atoms with E-state index >= 15 is 0 Å². The summed E-state index contributed by atoms with van der Waals surface area (Å²) in [6, 6.07) is 4.62.